The summed E-state index contributed by atoms with van der Waals surface area (Å²) in [5.41, 5.74) is 9.32. The smallest absolute Gasteiger partial charge is 0.136 e. The Hall–Kier alpha value is -5.70. The van der Waals surface area contributed by atoms with Crippen molar-refractivity contribution in [3.8, 4) is 33.4 Å². The van der Waals surface area contributed by atoms with Crippen LogP contribution in [0, 0.1) is 0 Å². The van der Waals surface area contributed by atoms with Gasteiger partial charge in [-0.15, -0.1) is 11.3 Å². The van der Waals surface area contributed by atoms with E-state index >= 15 is 0 Å². The number of furan rings is 1. The van der Waals surface area contributed by atoms with Gasteiger partial charge in [-0.3, -0.25) is 0 Å². The van der Waals surface area contributed by atoms with E-state index in [4.69, 9.17) is 4.42 Å². The molecule has 1 nitrogen and oxygen atoms in total. The lowest BCUT2D eigenvalue weighted by Crippen LogP contribution is -1.92. The topological polar surface area (TPSA) is 13.1 Å². The maximum atomic E-state index is 6.65. The van der Waals surface area contributed by atoms with Crippen LogP contribution in [0.25, 0.3) is 97.7 Å². The van der Waals surface area contributed by atoms with E-state index in [2.05, 4.69) is 157 Å². The van der Waals surface area contributed by atoms with Crippen LogP contribution >= 0.6 is 11.3 Å². The van der Waals surface area contributed by atoms with Crippen molar-refractivity contribution < 1.29 is 4.42 Å². The molecule has 10 aromatic rings. The molecule has 0 bridgehead atoms. The number of thiophene rings is 1. The van der Waals surface area contributed by atoms with Crippen LogP contribution in [0.4, 0.5) is 0 Å². The highest BCUT2D eigenvalue weighted by molar-refractivity contribution is 7.17. The van der Waals surface area contributed by atoms with Gasteiger partial charge in [0.2, 0.25) is 0 Å². The standard InChI is InChI=1S/C44H26OS/c1-2-12-28(13-3-1)38-26-46-41-25-37-40(24-36(38)41)45-39-23-11-22-35(44(37)39)43-33-19-8-6-17-31(33)42(32-18-7-9-20-34(32)43)30-21-10-15-27-14-4-5-16-29(27)30/h1-26H. The van der Waals surface area contributed by atoms with Gasteiger partial charge in [0.05, 0.1) is 0 Å². The first-order valence-electron chi connectivity index (χ1n) is 15.7. The molecule has 46 heavy (non-hydrogen) atoms. The summed E-state index contributed by atoms with van der Waals surface area (Å²) in [5, 5.41) is 13.4. The summed E-state index contributed by atoms with van der Waals surface area (Å²) in [6, 6.07) is 54.9. The number of rotatable bonds is 3. The second kappa shape index (κ2) is 9.90. The molecule has 0 saturated heterocycles. The highest BCUT2D eigenvalue weighted by Crippen LogP contribution is 2.48. The van der Waals surface area contributed by atoms with Crippen LogP contribution in [0.15, 0.2) is 161 Å². The molecule has 0 aliphatic heterocycles. The van der Waals surface area contributed by atoms with Gasteiger partial charge in [0.15, 0.2) is 0 Å². The van der Waals surface area contributed by atoms with Crippen LogP contribution in [-0.2, 0) is 0 Å². The van der Waals surface area contributed by atoms with Gasteiger partial charge in [-0.2, -0.15) is 0 Å². The molecule has 214 valence electrons. The Labute approximate surface area is 269 Å². The molecule has 0 unspecified atom stereocenters. The van der Waals surface area contributed by atoms with Crippen molar-refractivity contribution >= 4 is 75.7 Å². The molecule has 0 amide bonds. The van der Waals surface area contributed by atoms with Crippen molar-refractivity contribution in [3.05, 3.63) is 157 Å². The van der Waals surface area contributed by atoms with Crippen LogP contribution < -0.4 is 0 Å². The van der Waals surface area contributed by atoms with E-state index in [0.717, 1.165) is 16.6 Å². The summed E-state index contributed by atoms with van der Waals surface area (Å²) in [5.74, 6) is 0. The normalized spacial score (nSPS) is 11.9. The van der Waals surface area contributed by atoms with Gasteiger partial charge < -0.3 is 4.42 Å². The van der Waals surface area contributed by atoms with Crippen LogP contribution in [0.2, 0.25) is 0 Å². The van der Waals surface area contributed by atoms with E-state index in [0.29, 0.717) is 0 Å². The third-order valence-corrected chi connectivity index (χ3v) is 10.5. The fourth-order valence-electron chi connectivity index (χ4n) is 7.55. The SMILES string of the molecule is c1ccc(-c2csc3cc4c(cc23)oc2cccc(-c3c5ccccc5c(-c5cccc6ccccc56)c5ccccc35)c24)cc1. The summed E-state index contributed by atoms with van der Waals surface area (Å²) >= 11 is 1.80. The van der Waals surface area contributed by atoms with E-state index in [1.807, 2.05) is 0 Å². The summed E-state index contributed by atoms with van der Waals surface area (Å²) in [4.78, 5) is 0. The Morgan fingerprint density at radius 2 is 0.978 bits per heavy atom. The monoisotopic (exact) mass is 602 g/mol. The summed E-state index contributed by atoms with van der Waals surface area (Å²) in [7, 11) is 0. The molecular formula is C44H26OS. The van der Waals surface area contributed by atoms with E-state index in [-0.39, 0.29) is 0 Å². The predicted molar refractivity (Wildman–Crippen MR) is 198 cm³/mol. The van der Waals surface area contributed by atoms with Gasteiger partial charge in [0.25, 0.3) is 0 Å². The van der Waals surface area contributed by atoms with Gasteiger partial charge in [0, 0.05) is 26.4 Å². The minimum Gasteiger partial charge on any atom is -0.456 e. The quantitative estimate of drug-likeness (QED) is 0.183. The van der Waals surface area contributed by atoms with Crippen molar-refractivity contribution in [2.24, 2.45) is 0 Å². The van der Waals surface area contributed by atoms with E-state index in [9.17, 15) is 0 Å². The number of benzene rings is 8. The third kappa shape index (κ3) is 3.68. The largest absolute Gasteiger partial charge is 0.456 e. The minimum atomic E-state index is 0.915. The van der Waals surface area contributed by atoms with Crippen LogP contribution in [0.1, 0.15) is 0 Å². The third-order valence-electron chi connectivity index (χ3n) is 9.54. The van der Waals surface area contributed by atoms with Crippen molar-refractivity contribution in [2.45, 2.75) is 0 Å². The highest BCUT2D eigenvalue weighted by Gasteiger charge is 2.21. The molecule has 0 fully saturated rings. The number of hydrogen-bond acceptors (Lipinski definition) is 2. The molecule has 0 N–H and O–H groups in total. The first-order chi connectivity index (χ1) is 22.8. The molecule has 2 heteroatoms. The Bertz CT molecular complexity index is 2740. The second-order valence-electron chi connectivity index (χ2n) is 12.0. The summed E-state index contributed by atoms with van der Waals surface area (Å²) in [6.07, 6.45) is 0. The van der Waals surface area contributed by atoms with Crippen molar-refractivity contribution in [1.82, 2.24) is 0 Å². The molecule has 8 aromatic carbocycles. The van der Waals surface area contributed by atoms with Gasteiger partial charge in [-0.05, 0) is 83.7 Å². The minimum absolute atomic E-state index is 0.915. The Morgan fingerprint density at radius 1 is 0.391 bits per heavy atom. The zero-order valence-corrected chi connectivity index (χ0v) is 25.6. The van der Waals surface area contributed by atoms with Crippen LogP contribution in [-0.4, -0.2) is 0 Å². The summed E-state index contributed by atoms with van der Waals surface area (Å²) < 4.78 is 7.92. The Kier molecular flexibility index (Phi) is 5.51. The zero-order valence-electron chi connectivity index (χ0n) is 24.8. The first-order valence-corrected chi connectivity index (χ1v) is 16.6. The van der Waals surface area contributed by atoms with E-state index < -0.39 is 0 Å². The molecule has 0 aliphatic rings. The lowest BCUT2D eigenvalue weighted by molar-refractivity contribution is 0.669. The Balaban J connectivity index is 1.31. The van der Waals surface area contributed by atoms with Crippen molar-refractivity contribution in [1.29, 1.82) is 0 Å². The van der Waals surface area contributed by atoms with Gasteiger partial charge in [0.1, 0.15) is 11.2 Å². The van der Waals surface area contributed by atoms with E-state index in [1.54, 1.807) is 11.3 Å². The van der Waals surface area contributed by atoms with Crippen LogP contribution in [0.5, 0.6) is 0 Å². The first kappa shape index (κ1) is 25.6. The average Bonchev–Trinajstić information content (AvgIpc) is 3.70. The maximum Gasteiger partial charge on any atom is 0.136 e. The fourth-order valence-corrected chi connectivity index (χ4v) is 8.54. The predicted octanol–water partition coefficient (Wildman–Crippen LogP) is 13.3. The number of fused-ring (bicyclic) bond motifs is 7. The number of hydrogen-bond donors (Lipinski definition) is 0. The molecule has 2 aromatic heterocycles. The lowest BCUT2D eigenvalue weighted by Gasteiger charge is -2.19. The molecule has 0 radical (unpaired) electrons. The maximum absolute atomic E-state index is 6.65. The highest BCUT2D eigenvalue weighted by atomic mass is 32.1. The van der Waals surface area contributed by atoms with Gasteiger partial charge >= 0.3 is 0 Å². The molecular weight excluding hydrogens is 577 g/mol. The van der Waals surface area contributed by atoms with Gasteiger partial charge in [-0.1, -0.05) is 133 Å². The average molecular weight is 603 g/mol. The molecule has 0 saturated carbocycles. The molecule has 2 heterocycles. The second-order valence-corrected chi connectivity index (χ2v) is 12.9. The van der Waals surface area contributed by atoms with Crippen molar-refractivity contribution in [2.75, 3.05) is 0 Å². The Morgan fingerprint density at radius 3 is 1.72 bits per heavy atom. The molecule has 0 atom stereocenters. The fraction of sp³-hybridized carbons (Fsp3) is 0. The van der Waals surface area contributed by atoms with Crippen LogP contribution in [0.3, 0.4) is 0 Å². The molecule has 0 aliphatic carbocycles. The molecule has 0 spiro atoms. The van der Waals surface area contributed by atoms with Gasteiger partial charge in [-0.25, -0.2) is 0 Å². The zero-order chi connectivity index (χ0) is 30.2. The lowest BCUT2D eigenvalue weighted by atomic mass is 9.84. The van der Waals surface area contributed by atoms with E-state index in [1.165, 1.54) is 81.2 Å². The molecule has 10 rings (SSSR count). The van der Waals surface area contributed by atoms with Crippen molar-refractivity contribution in [3.63, 3.8) is 0 Å². The summed E-state index contributed by atoms with van der Waals surface area (Å²) in [6.45, 7) is 0.